The first kappa shape index (κ1) is 24.0. The first-order chi connectivity index (χ1) is 11.7. The van der Waals surface area contributed by atoms with E-state index in [1.807, 2.05) is 72.7 Å². The molecule has 0 radical (unpaired) electrons. The zero-order valence-electron chi connectivity index (χ0n) is 16.7. The molecule has 0 unspecified atom stereocenters. The lowest BCUT2D eigenvalue weighted by atomic mass is 10.1. The first-order valence-electron chi connectivity index (χ1n) is 8.94. The summed E-state index contributed by atoms with van der Waals surface area (Å²) in [5.41, 5.74) is 4.18. The molecule has 0 fully saturated rings. The highest BCUT2D eigenvalue weighted by molar-refractivity contribution is 5.71. The fourth-order valence-electron chi connectivity index (χ4n) is 1.73. The fourth-order valence-corrected chi connectivity index (χ4v) is 1.73. The van der Waals surface area contributed by atoms with E-state index in [0.29, 0.717) is 0 Å². The summed E-state index contributed by atoms with van der Waals surface area (Å²) < 4.78 is 0. The molecule has 0 N–H and O–H groups in total. The highest BCUT2D eigenvalue weighted by Crippen LogP contribution is 2.18. The highest BCUT2D eigenvalue weighted by Gasteiger charge is 2.04. The van der Waals surface area contributed by atoms with Gasteiger partial charge in [0, 0.05) is 11.8 Å². The van der Waals surface area contributed by atoms with Crippen molar-refractivity contribution in [3.8, 4) is 11.4 Å². The van der Waals surface area contributed by atoms with Gasteiger partial charge in [-0.1, -0.05) is 90.1 Å². The normalized spacial score (nSPS) is 9.25. The van der Waals surface area contributed by atoms with Crippen molar-refractivity contribution in [3.05, 3.63) is 66.5 Å². The van der Waals surface area contributed by atoms with Crippen molar-refractivity contribution in [2.75, 3.05) is 0 Å². The van der Waals surface area contributed by atoms with Gasteiger partial charge in [0.05, 0.1) is 5.69 Å². The molecule has 0 aliphatic rings. The number of rotatable bonds is 3. The van der Waals surface area contributed by atoms with Crippen LogP contribution < -0.4 is 0 Å². The second-order valence-electron chi connectivity index (χ2n) is 4.08. The van der Waals surface area contributed by atoms with Crippen LogP contribution in [-0.2, 0) is 0 Å². The van der Waals surface area contributed by atoms with Gasteiger partial charge >= 0.3 is 0 Å². The molecule has 2 heteroatoms. The summed E-state index contributed by atoms with van der Waals surface area (Å²) in [6, 6.07) is 10.1. The summed E-state index contributed by atoms with van der Waals surface area (Å²) in [6.07, 6.45) is 5.58. The third kappa shape index (κ3) is 7.87. The average molecular weight is 327 g/mol. The Bertz CT molecular complexity index is 581. The Morgan fingerprint density at radius 1 is 0.917 bits per heavy atom. The van der Waals surface area contributed by atoms with Gasteiger partial charge in [0.1, 0.15) is 0 Å². The van der Waals surface area contributed by atoms with Crippen molar-refractivity contribution in [2.24, 2.45) is 0 Å². The Kier molecular flexibility index (Phi) is 15.7. The zero-order chi connectivity index (χ0) is 19.0. The SMILES string of the molecule is C=C/C(=C\C)c1ccnc(-c2ccc(C)cc2)n1.CC.CC.CC. The van der Waals surface area contributed by atoms with E-state index in [9.17, 15) is 0 Å². The van der Waals surface area contributed by atoms with Gasteiger partial charge in [-0.05, 0) is 25.5 Å². The topological polar surface area (TPSA) is 25.8 Å². The minimum atomic E-state index is 0.744. The minimum Gasteiger partial charge on any atom is -0.237 e. The molecular formula is C22H34N2. The van der Waals surface area contributed by atoms with Gasteiger partial charge in [-0.2, -0.15) is 0 Å². The monoisotopic (exact) mass is 326 g/mol. The maximum Gasteiger partial charge on any atom is 0.159 e. The number of aromatic nitrogens is 2. The van der Waals surface area contributed by atoms with Gasteiger partial charge in [-0.15, -0.1) is 0 Å². The fraction of sp³-hybridized carbons (Fsp3) is 0.364. The quantitative estimate of drug-likeness (QED) is 0.561. The Hall–Kier alpha value is -2.22. The van der Waals surface area contributed by atoms with Crippen LogP contribution in [0.2, 0.25) is 0 Å². The van der Waals surface area contributed by atoms with Crippen LogP contribution in [0.5, 0.6) is 0 Å². The van der Waals surface area contributed by atoms with Crippen LogP contribution in [-0.4, -0.2) is 9.97 Å². The Labute approximate surface area is 149 Å². The number of allylic oxidation sites excluding steroid dienone is 3. The molecule has 0 saturated carbocycles. The molecule has 0 bridgehead atoms. The molecule has 0 amide bonds. The van der Waals surface area contributed by atoms with Crippen LogP contribution in [0.25, 0.3) is 17.0 Å². The van der Waals surface area contributed by atoms with Gasteiger partial charge in [-0.3, -0.25) is 0 Å². The second kappa shape index (κ2) is 15.7. The molecule has 1 aromatic heterocycles. The molecule has 2 rings (SSSR count). The number of hydrogen-bond acceptors (Lipinski definition) is 2. The molecule has 0 saturated heterocycles. The van der Waals surface area contributed by atoms with E-state index in [0.717, 1.165) is 22.7 Å². The van der Waals surface area contributed by atoms with Crippen LogP contribution in [0.1, 0.15) is 59.7 Å². The van der Waals surface area contributed by atoms with Crippen LogP contribution in [0.15, 0.2) is 55.3 Å². The molecule has 1 heterocycles. The summed E-state index contributed by atoms with van der Waals surface area (Å²) in [7, 11) is 0. The number of nitrogens with zero attached hydrogens (tertiary/aromatic N) is 2. The summed E-state index contributed by atoms with van der Waals surface area (Å²) in [5, 5.41) is 0. The minimum absolute atomic E-state index is 0.744. The smallest absolute Gasteiger partial charge is 0.159 e. The standard InChI is InChI=1S/C16H16N2.3C2H6/c1-4-13(5-2)15-10-11-17-16(18-15)14-8-6-12(3)7-9-14;3*1-2/h4-11H,1H2,2-3H3;3*1-2H3/b13-5+;;;. The second-order valence-corrected chi connectivity index (χ2v) is 4.08. The van der Waals surface area contributed by atoms with Crippen LogP contribution >= 0.6 is 0 Å². The van der Waals surface area contributed by atoms with Crippen molar-refractivity contribution in [1.82, 2.24) is 9.97 Å². The average Bonchev–Trinajstić information content (AvgIpc) is 2.68. The van der Waals surface area contributed by atoms with E-state index >= 15 is 0 Å². The molecule has 2 nitrogen and oxygen atoms in total. The lowest BCUT2D eigenvalue weighted by molar-refractivity contribution is 1.15. The number of benzene rings is 1. The van der Waals surface area contributed by atoms with Crippen molar-refractivity contribution in [1.29, 1.82) is 0 Å². The van der Waals surface area contributed by atoms with E-state index in [2.05, 4.69) is 35.6 Å². The predicted molar refractivity (Wildman–Crippen MR) is 110 cm³/mol. The van der Waals surface area contributed by atoms with Gasteiger partial charge in [0.25, 0.3) is 0 Å². The van der Waals surface area contributed by atoms with Gasteiger partial charge in [0.15, 0.2) is 5.82 Å². The molecule has 0 spiro atoms. The van der Waals surface area contributed by atoms with Gasteiger partial charge in [-0.25, -0.2) is 9.97 Å². The Balaban J connectivity index is 0. The van der Waals surface area contributed by atoms with Gasteiger partial charge in [0.2, 0.25) is 0 Å². The Morgan fingerprint density at radius 2 is 1.46 bits per heavy atom. The van der Waals surface area contributed by atoms with E-state index in [1.54, 1.807) is 12.3 Å². The lowest BCUT2D eigenvalue weighted by Crippen LogP contribution is -1.93. The molecule has 132 valence electrons. The largest absolute Gasteiger partial charge is 0.237 e. The van der Waals surface area contributed by atoms with Crippen molar-refractivity contribution >= 4 is 5.57 Å². The van der Waals surface area contributed by atoms with Crippen LogP contribution in [0, 0.1) is 6.92 Å². The van der Waals surface area contributed by atoms with E-state index in [4.69, 9.17) is 0 Å². The van der Waals surface area contributed by atoms with E-state index < -0.39 is 0 Å². The van der Waals surface area contributed by atoms with Gasteiger partial charge < -0.3 is 0 Å². The van der Waals surface area contributed by atoms with Crippen LogP contribution in [0.3, 0.4) is 0 Å². The predicted octanol–water partition coefficient (Wildman–Crippen LogP) is 7.12. The first-order valence-corrected chi connectivity index (χ1v) is 8.94. The van der Waals surface area contributed by atoms with Crippen LogP contribution in [0.4, 0.5) is 0 Å². The maximum atomic E-state index is 4.56. The molecule has 2 aromatic rings. The molecule has 0 atom stereocenters. The summed E-state index contributed by atoms with van der Waals surface area (Å²) in [5.74, 6) is 0.744. The van der Waals surface area contributed by atoms with E-state index in [1.165, 1.54) is 5.56 Å². The molecule has 0 aliphatic heterocycles. The summed E-state index contributed by atoms with van der Waals surface area (Å²) >= 11 is 0. The summed E-state index contributed by atoms with van der Waals surface area (Å²) in [4.78, 5) is 8.88. The highest BCUT2D eigenvalue weighted by atomic mass is 14.9. The Morgan fingerprint density at radius 3 is 1.92 bits per heavy atom. The number of hydrogen-bond donors (Lipinski definition) is 0. The zero-order valence-corrected chi connectivity index (χ0v) is 16.7. The molecular weight excluding hydrogens is 292 g/mol. The van der Waals surface area contributed by atoms with Crippen molar-refractivity contribution in [2.45, 2.75) is 55.4 Å². The summed E-state index contributed by atoms with van der Waals surface area (Å²) in [6.45, 7) is 19.8. The number of aryl methyl sites for hydroxylation is 1. The molecule has 24 heavy (non-hydrogen) atoms. The third-order valence-corrected chi connectivity index (χ3v) is 2.79. The third-order valence-electron chi connectivity index (χ3n) is 2.79. The molecule has 0 aliphatic carbocycles. The lowest BCUT2D eigenvalue weighted by Gasteiger charge is -2.04. The molecule has 1 aromatic carbocycles. The van der Waals surface area contributed by atoms with Crippen molar-refractivity contribution < 1.29 is 0 Å². The van der Waals surface area contributed by atoms with E-state index in [-0.39, 0.29) is 0 Å². The maximum absolute atomic E-state index is 4.56. The van der Waals surface area contributed by atoms with Crippen molar-refractivity contribution in [3.63, 3.8) is 0 Å².